The Kier molecular flexibility index (Phi) is 9.60. The second-order valence-electron chi connectivity index (χ2n) is 8.30. The van der Waals surface area contributed by atoms with Crippen molar-refractivity contribution in [2.45, 2.75) is 11.4 Å². The number of nitrogens with zero attached hydrogens (tertiary/aromatic N) is 4. The van der Waals surface area contributed by atoms with Crippen molar-refractivity contribution in [1.82, 2.24) is 19.4 Å². The van der Waals surface area contributed by atoms with Crippen molar-refractivity contribution in [3.05, 3.63) is 62.6 Å². The lowest BCUT2D eigenvalue weighted by atomic mass is 10.1. The van der Waals surface area contributed by atoms with Crippen LogP contribution in [0.4, 0.5) is 4.79 Å². The van der Waals surface area contributed by atoms with Crippen LogP contribution in [0.1, 0.15) is 11.1 Å². The molecule has 1 aliphatic rings. The highest BCUT2D eigenvalue weighted by Gasteiger charge is 2.28. The van der Waals surface area contributed by atoms with Gasteiger partial charge in [0.2, 0.25) is 21.8 Å². The smallest absolute Gasteiger partial charge is 0.413 e. The molecule has 0 aliphatic carbocycles. The summed E-state index contributed by atoms with van der Waals surface area (Å²) in [6.45, 7) is 0.0274. The van der Waals surface area contributed by atoms with Gasteiger partial charge in [0.1, 0.15) is 10.7 Å². The molecule has 0 atom stereocenters. The van der Waals surface area contributed by atoms with Gasteiger partial charge < -0.3 is 15.3 Å². The fourth-order valence-electron chi connectivity index (χ4n) is 3.53. The molecule has 38 heavy (non-hydrogen) atoms. The maximum absolute atomic E-state index is 12.8. The number of likely N-dealkylation sites (N-methyl/N-ethyl adjacent to an activating group) is 2. The predicted molar refractivity (Wildman–Crippen MR) is 143 cm³/mol. The summed E-state index contributed by atoms with van der Waals surface area (Å²) in [5, 5.41) is 11.4. The molecule has 0 spiro atoms. The number of carboxylic acid groups (broad SMARTS) is 1. The summed E-state index contributed by atoms with van der Waals surface area (Å²) in [7, 11) is -1.41. The maximum atomic E-state index is 12.8. The topological polar surface area (TPSA) is 140 Å². The summed E-state index contributed by atoms with van der Waals surface area (Å²) in [6, 6.07) is 9.44. The third kappa shape index (κ3) is 6.75. The molecular weight excluding hydrogens is 581 g/mol. The van der Waals surface area contributed by atoms with Gasteiger partial charge in [-0.25, -0.2) is 13.2 Å². The molecule has 0 fully saturated rings. The van der Waals surface area contributed by atoms with Crippen LogP contribution >= 0.6 is 34.8 Å². The van der Waals surface area contributed by atoms with Crippen molar-refractivity contribution >= 4 is 68.6 Å². The number of hydrogen-bond acceptors (Lipinski definition) is 6. The first-order valence-electron chi connectivity index (χ1n) is 11.1. The van der Waals surface area contributed by atoms with E-state index in [4.69, 9.17) is 34.8 Å². The second kappa shape index (κ2) is 12.3. The number of rotatable bonds is 9. The van der Waals surface area contributed by atoms with Gasteiger partial charge in [-0.15, -0.1) is 0 Å². The first-order valence-corrected chi connectivity index (χ1v) is 13.6. The van der Waals surface area contributed by atoms with E-state index in [1.54, 1.807) is 31.3 Å². The van der Waals surface area contributed by atoms with E-state index < -0.39 is 34.5 Å². The molecule has 2 N–H and O–H groups in total. The van der Waals surface area contributed by atoms with Gasteiger partial charge in [-0.1, -0.05) is 59.1 Å². The average Bonchev–Trinajstić information content (AvgIpc) is 3.36. The summed E-state index contributed by atoms with van der Waals surface area (Å²) in [5.74, 6) is -0.721. The minimum Gasteiger partial charge on any atom is -0.465 e. The van der Waals surface area contributed by atoms with E-state index in [9.17, 15) is 27.9 Å². The van der Waals surface area contributed by atoms with Crippen LogP contribution in [0.2, 0.25) is 15.1 Å². The Bertz CT molecular complexity index is 1380. The Morgan fingerprint density at radius 2 is 1.71 bits per heavy atom. The molecular formula is C23H24Cl3N5O6S. The average molecular weight is 605 g/mol. The zero-order chi connectivity index (χ0) is 28.2. The summed E-state index contributed by atoms with van der Waals surface area (Å²) >= 11 is 17.8. The zero-order valence-corrected chi connectivity index (χ0v) is 23.4. The van der Waals surface area contributed by atoms with Crippen molar-refractivity contribution in [1.29, 1.82) is 0 Å². The molecule has 1 aliphatic heterocycles. The van der Waals surface area contributed by atoms with E-state index in [-0.39, 0.29) is 33.1 Å². The molecule has 3 amide bonds. The van der Waals surface area contributed by atoms with Crippen molar-refractivity contribution in [3.63, 3.8) is 0 Å². The Labute approximate surface area is 234 Å². The van der Waals surface area contributed by atoms with E-state index in [0.717, 1.165) is 9.87 Å². The molecule has 0 radical (unpaired) electrons. The molecule has 1 heterocycles. The summed E-state index contributed by atoms with van der Waals surface area (Å²) < 4.78 is 26.4. The van der Waals surface area contributed by atoms with E-state index >= 15 is 0 Å². The number of amides is 3. The van der Waals surface area contributed by atoms with Gasteiger partial charge in [-0.05, 0) is 17.7 Å². The largest absolute Gasteiger partial charge is 0.465 e. The third-order valence-electron chi connectivity index (χ3n) is 5.62. The molecule has 11 nitrogen and oxygen atoms in total. The Hall–Kier alpha value is -2.90. The van der Waals surface area contributed by atoms with E-state index in [2.05, 4.69) is 10.3 Å². The first kappa shape index (κ1) is 29.7. The number of halogens is 3. The van der Waals surface area contributed by atoms with Gasteiger partial charge in [0.05, 0.1) is 41.2 Å². The van der Waals surface area contributed by atoms with Crippen LogP contribution in [-0.2, 0) is 26.2 Å². The number of aliphatic imine (C=N–C) groups is 1. The molecule has 2 aromatic rings. The Balaban J connectivity index is 1.52. The zero-order valence-electron chi connectivity index (χ0n) is 20.3. The van der Waals surface area contributed by atoms with Crippen molar-refractivity contribution in [2.24, 2.45) is 4.99 Å². The molecule has 15 heteroatoms. The highest BCUT2D eigenvalue weighted by atomic mass is 35.5. The molecule has 0 bridgehead atoms. The highest BCUT2D eigenvalue weighted by molar-refractivity contribution is 7.89. The number of carbonyl (C=O) groups is 3. The molecule has 0 saturated carbocycles. The lowest BCUT2D eigenvalue weighted by Gasteiger charge is -2.20. The van der Waals surface area contributed by atoms with Crippen LogP contribution in [0, 0.1) is 0 Å². The molecule has 204 valence electrons. The van der Waals surface area contributed by atoms with Crippen molar-refractivity contribution in [3.8, 4) is 0 Å². The van der Waals surface area contributed by atoms with Crippen LogP contribution in [0.25, 0.3) is 0 Å². The summed E-state index contributed by atoms with van der Waals surface area (Å²) in [6.07, 6.45) is -1.07. The van der Waals surface area contributed by atoms with Crippen LogP contribution in [-0.4, -0.2) is 91.6 Å². The lowest BCUT2D eigenvalue weighted by Crippen LogP contribution is -2.43. The van der Waals surface area contributed by atoms with Gasteiger partial charge in [-0.3, -0.25) is 19.5 Å². The monoisotopic (exact) mass is 603 g/mol. The van der Waals surface area contributed by atoms with Gasteiger partial charge in [-0.2, -0.15) is 4.31 Å². The van der Waals surface area contributed by atoms with E-state index in [0.29, 0.717) is 24.5 Å². The SMILES string of the molecule is CN(Cc1ccc(C2=NCCN2C(=O)O)cc1)C(=O)CNC(=O)CN(C)S(=O)(=O)c1ccc(Cl)c(Cl)c1Cl. The van der Waals surface area contributed by atoms with Crippen LogP contribution in [0.3, 0.4) is 0 Å². The third-order valence-corrected chi connectivity index (χ3v) is 8.87. The highest BCUT2D eigenvalue weighted by Crippen LogP contribution is 2.35. The van der Waals surface area contributed by atoms with Gasteiger partial charge in [0, 0.05) is 26.2 Å². The maximum Gasteiger partial charge on any atom is 0.413 e. The molecule has 0 aromatic heterocycles. The normalized spacial score (nSPS) is 13.4. The second-order valence-corrected chi connectivity index (χ2v) is 11.5. The summed E-state index contributed by atoms with van der Waals surface area (Å²) in [5.41, 5.74) is 1.43. The van der Waals surface area contributed by atoms with Crippen LogP contribution in [0.5, 0.6) is 0 Å². The number of hydrogen-bond donors (Lipinski definition) is 2. The quantitative estimate of drug-likeness (QED) is 0.422. The van der Waals surface area contributed by atoms with Gasteiger partial charge in [0.15, 0.2) is 0 Å². The number of carbonyl (C=O) groups excluding carboxylic acids is 2. The number of amidine groups is 1. The summed E-state index contributed by atoms with van der Waals surface area (Å²) in [4.78, 5) is 42.7. The fourth-order valence-corrected chi connectivity index (χ4v) is 5.60. The molecule has 0 saturated heterocycles. The minimum absolute atomic E-state index is 0.0858. The predicted octanol–water partition coefficient (Wildman–Crippen LogP) is 2.78. The van der Waals surface area contributed by atoms with E-state index in [1.165, 1.54) is 29.0 Å². The van der Waals surface area contributed by atoms with Gasteiger partial charge >= 0.3 is 6.09 Å². The van der Waals surface area contributed by atoms with Crippen molar-refractivity contribution in [2.75, 3.05) is 40.3 Å². The fraction of sp³-hybridized carbons (Fsp3) is 0.304. The number of nitrogens with one attached hydrogen (secondary N) is 1. The Morgan fingerprint density at radius 1 is 1.05 bits per heavy atom. The number of sulfonamides is 1. The standard InChI is InChI=1S/C23H24Cl3N5O6S/c1-29(12-14-3-5-15(6-4-14)22-27-9-10-31(22)23(34)35)19(33)11-28-18(32)13-30(2)38(36,37)17-8-7-16(24)20(25)21(17)26/h3-8H,9-13H2,1-2H3,(H,28,32)(H,34,35). The molecule has 0 unspecified atom stereocenters. The van der Waals surface area contributed by atoms with Crippen molar-refractivity contribution < 1.29 is 27.9 Å². The van der Waals surface area contributed by atoms with E-state index in [1.807, 2.05) is 0 Å². The van der Waals surface area contributed by atoms with Crippen LogP contribution < -0.4 is 5.32 Å². The first-order chi connectivity index (χ1) is 17.8. The molecule has 3 rings (SSSR count). The number of benzene rings is 2. The molecule has 2 aromatic carbocycles. The Morgan fingerprint density at radius 3 is 2.34 bits per heavy atom. The van der Waals surface area contributed by atoms with Gasteiger partial charge in [0.25, 0.3) is 0 Å². The lowest BCUT2D eigenvalue weighted by molar-refractivity contribution is -0.132. The van der Waals surface area contributed by atoms with Crippen LogP contribution in [0.15, 0.2) is 46.3 Å². The minimum atomic E-state index is -4.16.